The molecule has 0 atom stereocenters. The number of aromatic nitrogens is 4. The largest absolute Gasteiger partial charge is 0.319 e. The number of rotatable bonds is 2. The number of aryl methyl sites for hydroxylation is 2. The molecule has 0 saturated heterocycles. The fourth-order valence-corrected chi connectivity index (χ4v) is 2.08. The predicted molar refractivity (Wildman–Crippen MR) is 75.5 cm³/mol. The van der Waals surface area contributed by atoms with Crippen molar-refractivity contribution in [1.82, 2.24) is 20.2 Å². The van der Waals surface area contributed by atoms with Gasteiger partial charge in [-0.05, 0) is 19.9 Å². The lowest BCUT2D eigenvalue weighted by molar-refractivity contribution is 0.102. The number of carbonyl (C=O) groups excluding carboxylic acids is 1. The van der Waals surface area contributed by atoms with Gasteiger partial charge in [-0.3, -0.25) is 19.9 Å². The summed E-state index contributed by atoms with van der Waals surface area (Å²) in [5, 5.41) is 9.40. The number of fused-ring (bicyclic) bond motifs is 1. The summed E-state index contributed by atoms with van der Waals surface area (Å²) in [6.07, 6.45) is 2.96. The molecule has 0 bridgehead atoms. The van der Waals surface area contributed by atoms with Crippen molar-refractivity contribution in [2.24, 2.45) is 0 Å². The Morgan fingerprint density at radius 1 is 1.19 bits per heavy atom. The van der Waals surface area contributed by atoms with Crippen LogP contribution in [0.4, 0.5) is 10.1 Å². The Morgan fingerprint density at radius 2 is 1.86 bits per heavy atom. The van der Waals surface area contributed by atoms with Gasteiger partial charge in [0.05, 0.1) is 33.7 Å². The molecule has 0 radical (unpaired) electrons. The first-order chi connectivity index (χ1) is 10.1. The first-order valence-electron chi connectivity index (χ1n) is 6.29. The molecule has 2 heterocycles. The molecular formula is C14H12FN5O. The average molecular weight is 285 g/mol. The quantitative estimate of drug-likeness (QED) is 0.757. The number of hydrogen-bond acceptors (Lipinski definition) is 4. The van der Waals surface area contributed by atoms with E-state index in [0.717, 1.165) is 0 Å². The number of amides is 1. The van der Waals surface area contributed by atoms with Gasteiger partial charge in [-0.25, -0.2) is 4.39 Å². The zero-order valence-corrected chi connectivity index (χ0v) is 11.4. The molecule has 0 fully saturated rings. The molecule has 1 amide bonds. The highest BCUT2D eigenvalue weighted by atomic mass is 19.1. The fraction of sp³-hybridized carbons (Fsp3) is 0.143. The summed E-state index contributed by atoms with van der Waals surface area (Å²) in [4.78, 5) is 20.3. The smallest absolute Gasteiger partial charge is 0.258 e. The van der Waals surface area contributed by atoms with Crippen LogP contribution in [0.15, 0.2) is 24.5 Å². The molecule has 0 aliphatic carbocycles. The lowest BCUT2D eigenvalue weighted by Crippen LogP contribution is -2.15. The van der Waals surface area contributed by atoms with Crippen molar-refractivity contribution >= 4 is 22.6 Å². The highest BCUT2D eigenvalue weighted by molar-refractivity contribution is 6.06. The molecule has 0 aliphatic heterocycles. The molecule has 1 aromatic carbocycles. The highest BCUT2D eigenvalue weighted by Crippen LogP contribution is 2.20. The second-order valence-electron chi connectivity index (χ2n) is 4.64. The number of nitrogens with zero attached hydrogens (tertiary/aromatic N) is 3. The van der Waals surface area contributed by atoms with Gasteiger partial charge in [-0.15, -0.1) is 0 Å². The molecule has 106 valence electrons. The standard InChI is InChI=1S/C14H12FN5O/c1-7-13(8(2)20-19-7)18-14(21)9-5-11-12(6-10(9)15)17-4-3-16-11/h3-6H,1-2H3,(H,18,21)(H,19,20). The molecule has 2 N–H and O–H groups in total. The van der Waals surface area contributed by atoms with Crippen LogP contribution in [0.1, 0.15) is 21.7 Å². The Kier molecular flexibility index (Phi) is 3.09. The van der Waals surface area contributed by atoms with Gasteiger partial charge < -0.3 is 5.32 Å². The Morgan fingerprint density at radius 3 is 2.48 bits per heavy atom. The number of aromatic amines is 1. The zero-order valence-electron chi connectivity index (χ0n) is 11.4. The van der Waals surface area contributed by atoms with Gasteiger partial charge in [-0.2, -0.15) is 5.10 Å². The molecular weight excluding hydrogens is 273 g/mol. The summed E-state index contributed by atoms with van der Waals surface area (Å²) >= 11 is 0. The van der Waals surface area contributed by atoms with Crippen LogP contribution in [0.5, 0.6) is 0 Å². The van der Waals surface area contributed by atoms with Crippen molar-refractivity contribution < 1.29 is 9.18 Å². The van der Waals surface area contributed by atoms with E-state index in [0.29, 0.717) is 28.1 Å². The van der Waals surface area contributed by atoms with E-state index in [1.165, 1.54) is 24.5 Å². The Hall–Kier alpha value is -2.83. The third-order valence-electron chi connectivity index (χ3n) is 3.17. The fourth-order valence-electron chi connectivity index (χ4n) is 2.08. The van der Waals surface area contributed by atoms with E-state index in [1.54, 1.807) is 13.8 Å². The normalized spacial score (nSPS) is 10.8. The Bertz CT molecular complexity index is 823. The van der Waals surface area contributed by atoms with Crippen LogP contribution < -0.4 is 5.32 Å². The lowest BCUT2D eigenvalue weighted by Gasteiger charge is -2.07. The molecule has 0 saturated carbocycles. The van der Waals surface area contributed by atoms with Gasteiger partial charge in [0.25, 0.3) is 5.91 Å². The maximum Gasteiger partial charge on any atom is 0.258 e. The number of hydrogen-bond donors (Lipinski definition) is 2. The number of nitrogens with one attached hydrogen (secondary N) is 2. The van der Waals surface area contributed by atoms with E-state index in [9.17, 15) is 9.18 Å². The second kappa shape index (κ2) is 4.93. The lowest BCUT2D eigenvalue weighted by atomic mass is 10.1. The molecule has 6 nitrogen and oxygen atoms in total. The highest BCUT2D eigenvalue weighted by Gasteiger charge is 2.17. The van der Waals surface area contributed by atoms with Crippen molar-refractivity contribution in [3.8, 4) is 0 Å². The Labute approximate surface area is 119 Å². The van der Waals surface area contributed by atoms with Crippen LogP contribution in [0.3, 0.4) is 0 Å². The third kappa shape index (κ3) is 2.33. The summed E-state index contributed by atoms with van der Waals surface area (Å²) in [5.41, 5.74) is 2.69. The first-order valence-corrected chi connectivity index (χ1v) is 6.29. The summed E-state index contributed by atoms with van der Waals surface area (Å²) in [7, 11) is 0. The Balaban J connectivity index is 2.00. The summed E-state index contributed by atoms with van der Waals surface area (Å²) in [6, 6.07) is 2.59. The maximum absolute atomic E-state index is 14.0. The minimum absolute atomic E-state index is 0.0806. The van der Waals surface area contributed by atoms with Crippen LogP contribution in [-0.2, 0) is 0 Å². The predicted octanol–water partition coefficient (Wildman–Crippen LogP) is 2.36. The van der Waals surface area contributed by atoms with Gasteiger partial charge in [0.1, 0.15) is 5.82 Å². The van der Waals surface area contributed by atoms with Gasteiger partial charge >= 0.3 is 0 Å². The minimum atomic E-state index is -0.640. The molecule has 3 aromatic rings. The molecule has 0 spiro atoms. The van der Waals surface area contributed by atoms with Crippen LogP contribution in [0.25, 0.3) is 11.0 Å². The molecule has 0 unspecified atom stereocenters. The number of benzene rings is 1. The van der Waals surface area contributed by atoms with E-state index < -0.39 is 11.7 Å². The van der Waals surface area contributed by atoms with Gasteiger partial charge in [-0.1, -0.05) is 0 Å². The molecule has 3 rings (SSSR count). The number of anilines is 1. The van der Waals surface area contributed by atoms with E-state index in [2.05, 4.69) is 25.5 Å². The molecule has 2 aromatic heterocycles. The first kappa shape index (κ1) is 13.2. The number of carbonyl (C=O) groups is 1. The summed E-state index contributed by atoms with van der Waals surface area (Å²) in [6.45, 7) is 3.53. The van der Waals surface area contributed by atoms with E-state index >= 15 is 0 Å². The van der Waals surface area contributed by atoms with Crippen molar-refractivity contribution in [3.63, 3.8) is 0 Å². The SMILES string of the molecule is Cc1n[nH]c(C)c1NC(=O)c1cc2nccnc2cc1F. The van der Waals surface area contributed by atoms with Crippen LogP contribution >= 0.6 is 0 Å². The summed E-state index contributed by atoms with van der Waals surface area (Å²) < 4.78 is 14.0. The molecule has 21 heavy (non-hydrogen) atoms. The number of H-pyrrole nitrogens is 1. The van der Waals surface area contributed by atoms with Crippen molar-refractivity contribution in [3.05, 3.63) is 47.3 Å². The van der Waals surface area contributed by atoms with E-state index in [4.69, 9.17) is 0 Å². The minimum Gasteiger partial charge on any atom is -0.319 e. The van der Waals surface area contributed by atoms with Crippen molar-refractivity contribution in [2.45, 2.75) is 13.8 Å². The van der Waals surface area contributed by atoms with E-state index in [1.807, 2.05) is 0 Å². The van der Waals surface area contributed by atoms with Crippen LogP contribution in [-0.4, -0.2) is 26.1 Å². The van der Waals surface area contributed by atoms with Gasteiger partial charge in [0.2, 0.25) is 0 Å². The van der Waals surface area contributed by atoms with Gasteiger partial charge in [0.15, 0.2) is 0 Å². The van der Waals surface area contributed by atoms with Crippen molar-refractivity contribution in [1.29, 1.82) is 0 Å². The second-order valence-corrected chi connectivity index (χ2v) is 4.64. The van der Waals surface area contributed by atoms with Crippen molar-refractivity contribution in [2.75, 3.05) is 5.32 Å². The average Bonchev–Trinajstić information content (AvgIpc) is 2.78. The van der Waals surface area contributed by atoms with Crippen LogP contribution in [0, 0.1) is 19.7 Å². The zero-order chi connectivity index (χ0) is 15.0. The van der Waals surface area contributed by atoms with Crippen LogP contribution in [0.2, 0.25) is 0 Å². The van der Waals surface area contributed by atoms with E-state index in [-0.39, 0.29) is 5.56 Å². The third-order valence-corrected chi connectivity index (χ3v) is 3.17. The maximum atomic E-state index is 14.0. The van der Waals surface area contributed by atoms with Gasteiger partial charge in [0, 0.05) is 18.5 Å². The topological polar surface area (TPSA) is 83.6 Å². The number of halogens is 1. The molecule has 7 heteroatoms. The monoisotopic (exact) mass is 285 g/mol. The molecule has 0 aliphatic rings. The summed E-state index contributed by atoms with van der Waals surface area (Å²) in [5.74, 6) is -1.19.